The number of benzene rings is 1. The highest BCUT2D eigenvalue weighted by molar-refractivity contribution is 9.11. The third-order valence-corrected chi connectivity index (χ3v) is 4.73. The van der Waals surface area contributed by atoms with E-state index in [1.165, 1.54) is 0 Å². The summed E-state index contributed by atoms with van der Waals surface area (Å²) in [4.78, 5) is 12.4. The van der Waals surface area contributed by atoms with Gasteiger partial charge in [-0.15, -0.1) is 0 Å². The number of hydrogen-bond acceptors (Lipinski definition) is 3. The van der Waals surface area contributed by atoms with E-state index in [1.54, 1.807) is 18.2 Å². The molecule has 0 aliphatic heterocycles. The van der Waals surface area contributed by atoms with Crippen molar-refractivity contribution in [2.75, 3.05) is 0 Å². The molecule has 2 rings (SSSR count). The van der Waals surface area contributed by atoms with Crippen LogP contribution in [0, 0.1) is 0 Å². The highest BCUT2D eigenvalue weighted by atomic mass is 79.9. The molecule has 0 saturated heterocycles. The lowest BCUT2D eigenvalue weighted by Crippen LogP contribution is -2.55. The van der Waals surface area contributed by atoms with Gasteiger partial charge in [0, 0.05) is 8.95 Å². The van der Waals surface area contributed by atoms with Crippen LogP contribution in [0.2, 0.25) is 0 Å². The van der Waals surface area contributed by atoms with Gasteiger partial charge in [0.2, 0.25) is 0 Å². The topological polar surface area (TPSA) is 87.7 Å². The summed E-state index contributed by atoms with van der Waals surface area (Å²) >= 11 is 6.71. The van der Waals surface area contributed by atoms with Crippen molar-refractivity contribution in [2.24, 2.45) is 10.9 Å². The lowest BCUT2D eigenvalue weighted by Gasteiger charge is -2.29. The predicted molar refractivity (Wildman–Crippen MR) is 83.9 cm³/mol. The molecule has 1 aromatic carbocycles. The molecule has 20 heavy (non-hydrogen) atoms. The second-order valence-corrected chi connectivity index (χ2v) is 6.62. The zero-order valence-electron chi connectivity index (χ0n) is 10.7. The second kappa shape index (κ2) is 6.13. The molecule has 4 N–H and O–H groups in total. The van der Waals surface area contributed by atoms with Crippen molar-refractivity contribution in [2.45, 2.75) is 31.2 Å². The molecule has 0 aromatic heterocycles. The number of rotatable bonds is 3. The number of nitrogens with zero attached hydrogens (tertiary/aromatic N) is 1. The first-order valence-electron chi connectivity index (χ1n) is 6.24. The molecule has 0 radical (unpaired) electrons. The highest BCUT2D eigenvalue weighted by Gasteiger charge is 2.40. The molecular weight excluding hydrogens is 390 g/mol. The standard InChI is InChI=1S/C13H15Br2N3O2/c14-8-3-4-9(10(15)7-8)11(19)17-13(12(16)18-20)5-1-2-6-13/h3-4,7,20H,1-2,5-6H2,(H2,16,18)(H,17,19). The number of nitrogens with two attached hydrogens (primary N) is 1. The lowest BCUT2D eigenvalue weighted by atomic mass is 9.95. The Kier molecular flexibility index (Phi) is 4.70. The number of halogens is 2. The molecular formula is C13H15Br2N3O2. The Bertz CT molecular complexity index is 555. The summed E-state index contributed by atoms with van der Waals surface area (Å²) in [6, 6.07) is 5.32. The third kappa shape index (κ3) is 2.98. The molecule has 1 aliphatic rings. The summed E-state index contributed by atoms with van der Waals surface area (Å²) in [6.45, 7) is 0. The van der Waals surface area contributed by atoms with Crippen molar-refractivity contribution < 1.29 is 10.0 Å². The van der Waals surface area contributed by atoms with Gasteiger partial charge in [-0.1, -0.05) is 33.9 Å². The van der Waals surface area contributed by atoms with Crippen molar-refractivity contribution >= 4 is 43.6 Å². The van der Waals surface area contributed by atoms with Crippen LogP contribution < -0.4 is 11.1 Å². The van der Waals surface area contributed by atoms with Crippen molar-refractivity contribution in [3.05, 3.63) is 32.7 Å². The van der Waals surface area contributed by atoms with Crippen LogP contribution >= 0.6 is 31.9 Å². The summed E-state index contributed by atoms with van der Waals surface area (Å²) in [5.41, 5.74) is 5.55. The molecule has 1 fully saturated rings. The minimum absolute atomic E-state index is 0.0663. The van der Waals surface area contributed by atoms with E-state index in [0.29, 0.717) is 22.9 Å². The fourth-order valence-corrected chi connectivity index (χ4v) is 3.70. The van der Waals surface area contributed by atoms with E-state index in [9.17, 15) is 4.79 Å². The Hall–Kier alpha value is -1.08. The van der Waals surface area contributed by atoms with Gasteiger partial charge in [0.15, 0.2) is 5.84 Å². The summed E-state index contributed by atoms with van der Waals surface area (Å²) < 4.78 is 1.57. The van der Waals surface area contributed by atoms with Crippen LogP contribution in [0.3, 0.4) is 0 Å². The molecule has 0 unspecified atom stereocenters. The normalized spacial score (nSPS) is 18.0. The van der Waals surface area contributed by atoms with E-state index < -0.39 is 5.54 Å². The number of amidine groups is 1. The highest BCUT2D eigenvalue weighted by Crippen LogP contribution is 2.31. The van der Waals surface area contributed by atoms with E-state index in [4.69, 9.17) is 10.9 Å². The third-order valence-electron chi connectivity index (χ3n) is 3.58. The molecule has 1 saturated carbocycles. The molecule has 5 nitrogen and oxygen atoms in total. The average Bonchev–Trinajstić information content (AvgIpc) is 2.87. The quantitative estimate of drug-likeness (QED) is 0.313. The first-order chi connectivity index (χ1) is 9.48. The zero-order chi connectivity index (χ0) is 14.8. The number of amides is 1. The Morgan fingerprint density at radius 1 is 1.35 bits per heavy atom. The fourth-order valence-electron chi connectivity index (χ4n) is 2.48. The van der Waals surface area contributed by atoms with Crippen LogP contribution in [0.1, 0.15) is 36.0 Å². The van der Waals surface area contributed by atoms with Crippen molar-refractivity contribution in [1.82, 2.24) is 5.32 Å². The summed E-state index contributed by atoms with van der Waals surface area (Å²) in [6.07, 6.45) is 3.25. The summed E-state index contributed by atoms with van der Waals surface area (Å²) in [5, 5.41) is 14.9. The lowest BCUT2D eigenvalue weighted by molar-refractivity contribution is 0.0922. The Morgan fingerprint density at radius 3 is 2.55 bits per heavy atom. The molecule has 7 heteroatoms. The Balaban J connectivity index is 2.25. The number of carbonyl (C=O) groups excluding carboxylic acids is 1. The molecule has 0 atom stereocenters. The molecule has 1 aromatic rings. The monoisotopic (exact) mass is 403 g/mol. The zero-order valence-corrected chi connectivity index (χ0v) is 13.9. The van der Waals surface area contributed by atoms with E-state index in [1.807, 2.05) is 0 Å². The van der Waals surface area contributed by atoms with Gasteiger partial charge in [-0.25, -0.2) is 0 Å². The Morgan fingerprint density at radius 2 is 2.00 bits per heavy atom. The smallest absolute Gasteiger partial charge is 0.253 e. The van der Waals surface area contributed by atoms with Gasteiger partial charge in [0.25, 0.3) is 5.91 Å². The average molecular weight is 405 g/mol. The van der Waals surface area contributed by atoms with Crippen LogP contribution in [0.25, 0.3) is 0 Å². The number of carbonyl (C=O) groups is 1. The van der Waals surface area contributed by atoms with Crippen LogP contribution in [-0.2, 0) is 0 Å². The van der Waals surface area contributed by atoms with Crippen LogP contribution in [0.4, 0.5) is 0 Å². The van der Waals surface area contributed by atoms with Gasteiger partial charge in [0.1, 0.15) is 5.54 Å². The molecule has 0 heterocycles. The van der Waals surface area contributed by atoms with Crippen molar-refractivity contribution in [3.63, 3.8) is 0 Å². The van der Waals surface area contributed by atoms with E-state index in [0.717, 1.165) is 17.3 Å². The Labute approximate surface area is 133 Å². The van der Waals surface area contributed by atoms with E-state index >= 15 is 0 Å². The van der Waals surface area contributed by atoms with E-state index in [-0.39, 0.29) is 11.7 Å². The largest absolute Gasteiger partial charge is 0.409 e. The maximum Gasteiger partial charge on any atom is 0.253 e. The fraction of sp³-hybridized carbons (Fsp3) is 0.385. The van der Waals surface area contributed by atoms with Crippen LogP contribution in [-0.4, -0.2) is 22.5 Å². The predicted octanol–water partition coefficient (Wildman–Crippen LogP) is 3.00. The molecule has 1 aliphatic carbocycles. The van der Waals surface area contributed by atoms with Gasteiger partial charge in [-0.2, -0.15) is 0 Å². The molecule has 0 spiro atoms. The first kappa shape index (κ1) is 15.3. The van der Waals surface area contributed by atoms with Gasteiger partial charge < -0.3 is 16.3 Å². The SMILES string of the molecule is N/C(=N/O)C1(NC(=O)c2ccc(Br)cc2Br)CCCC1. The summed E-state index contributed by atoms with van der Waals surface area (Å²) in [5.74, 6) is -0.172. The maximum atomic E-state index is 12.4. The maximum absolute atomic E-state index is 12.4. The van der Waals surface area contributed by atoms with Gasteiger partial charge >= 0.3 is 0 Å². The minimum atomic E-state index is -0.738. The van der Waals surface area contributed by atoms with Crippen molar-refractivity contribution in [3.8, 4) is 0 Å². The number of nitrogens with one attached hydrogen (secondary N) is 1. The van der Waals surface area contributed by atoms with Crippen LogP contribution in [0.5, 0.6) is 0 Å². The molecule has 108 valence electrons. The molecule has 0 bridgehead atoms. The molecule has 1 amide bonds. The number of oxime groups is 1. The first-order valence-corrected chi connectivity index (χ1v) is 7.83. The van der Waals surface area contributed by atoms with Gasteiger partial charge in [-0.05, 0) is 47.0 Å². The second-order valence-electron chi connectivity index (χ2n) is 4.85. The van der Waals surface area contributed by atoms with Gasteiger partial charge in [0.05, 0.1) is 5.56 Å². The van der Waals surface area contributed by atoms with Gasteiger partial charge in [-0.3, -0.25) is 4.79 Å². The van der Waals surface area contributed by atoms with E-state index in [2.05, 4.69) is 42.3 Å². The minimum Gasteiger partial charge on any atom is -0.409 e. The number of hydrogen-bond donors (Lipinski definition) is 3. The summed E-state index contributed by atoms with van der Waals surface area (Å²) in [7, 11) is 0. The van der Waals surface area contributed by atoms with Crippen LogP contribution in [0.15, 0.2) is 32.3 Å². The van der Waals surface area contributed by atoms with Crippen molar-refractivity contribution in [1.29, 1.82) is 0 Å².